The van der Waals surface area contributed by atoms with Gasteiger partial charge in [0.15, 0.2) is 0 Å². The van der Waals surface area contributed by atoms with E-state index in [9.17, 15) is 0 Å². The van der Waals surface area contributed by atoms with E-state index in [1.54, 1.807) is 0 Å². The molecule has 0 spiro atoms. The van der Waals surface area contributed by atoms with Gasteiger partial charge in [0, 0.05) is 0 Å². The van der Waals surface area contributed by atoms with Crippen LogP contribution in [-0.4, -0.2) is 61.6 Å². The average molecular weight is 323 g/mol. The number of carboxylic acid groups (broad SMARTS) is 4. The maximum atomic E-state index is 8.93. The van der Waals surface area contributed by atoms with Crippen LogP contribution >= 0.6 is 0 Å². The van der Waals surface area contributed by atoms with Crippen molar-refractivity contribution in [1.82, 2.24) is 0 Å². The fourth-order valence-corrected chi connectivity index (χ4v) is 0. The van der Waals surface area contributed by atoms with Crippen molar-refractivity contribution in [2.24, 2.45) is 0 Å². The minimum absolute atomic E-state index is 0. The SMILES string of the molecule is O=C([O-])C(=O)[O-].O=C([O-])C(=O)[O-].[Ca+2].[O]=[Zr+2]. The molecule has 11 heteroatoms. The van der Waals surface area contributed by atoms with Crippen molar-refractivity contribution in [2.45, 2.75) is 0 Å². The van der Waals surface area contributed by atoms with Gasteiger partial charge in [0.25, 0.3) is 0 Å². The molecule has 9 nitrogen and oxygen atoms in total. The van der Waals surface area contributed by atoms with E-state index < -0.39 is 23.9 Å². The first-order chi connectivity index (χ1) is 6.29. The van der Waals surface area contributed by atoms with Crippen molar-refractivity contribution in [3.63, 3.8) is 0 Å². The van der Waals surface area contributed by atoms with Gasteiger partial charge in [0.2, 0.25) is 0 Å². The van der Waals surface area contributed by atoms with Crippen molar-refractivity contribution >= 4 is 61.6 Å². The second-order valence-electron chi connectivity index (χ2n) is 1.15. The van der Waals surface area contributed by atoms with Crippen molar-refractivity contribution in [1.29, 1.82) is 0 Å². The summed E-state index contributed by atoms with van der Waals surface area (Å²) in [5.41, 5.74) is 0. The van der Waals surface area contributed by atoms with E-state index in [1.165, 1.54) is 0 Å². The molecule has 0 aliphatic rings. The summed E-state index contributed by atoms with van der Waals surface area (Å²) in [6.45, 7) is 0. The van der Waals surface area contributed by atoms with E-state index in [1.807, 2.05) is 0 Å². The van der Waals surface area contributed by atoms with Crippen LogP contribution in [0.4, 0.5) is 0 Å². The fourth-order valence-electron chi connectivity index (χ4n) is 0. The second kappa shape index (κ2) is 16.3. The van der Waals surface area contributed by atoms with E-state index in [4.69, 9.17) is 42.4 Å². The van der Waals surface area contributed by atoms with Crippen LogP contribution in [0.1, 0.15) is 0 Å². The Morgan fingerprint density at radius 2 is 0.667 bits per heavy atom. The predicted molar refractivity (Wildman–Crippen MR) is 26.5 cm³/mol. The summed E-state index contributed by atoms with van der Waals surface area (Å²) in [4.78, 5) is 35.7. The molecule has 0 fully saturated rings. The first kappa shape index (κ1) is 24.2. The molecule has 0 atom stereocenters. The number of hydrogen-bond donors (Lipinski definition) is 0. The summed E-state index contributed by atoms with van der Waals surface area (Å²) in [5, 5.41) is 35.7. The van der Waals surface area contributed by atoms with E-state index >= 15 is 0 Å². The molecule has 0 saturated carbocycles. The summed E-state index contributed by atoms with van der Waals surface area (Å²) in [6, 6.07) is 0. The Labute approximate surface area is 127 Å². The van der Waals surface area contributed by atoms with Crippen LogP contribution in [0.5, 0.6) is 0 Å². The zero-order valence-corrected chi connectivity index (χ0v) is 11.5. The van der Waals surface area contributed by atoms with Crippen LogP contribution in [0.3, 0.4) is 0 Å². The van der Waals surface area contributed by atoms with E-state index in [0.29, 0.717) is 24.7 Å². The zero-order valence-electron chi connectivity index (χ0n) is 6.88. The summed E-state index contributed by atoms with van der Waals surface area (Å²) < 4.78 is 8.34. The van der Waals surface area contributed by atoms with E-state index in [0.717, 1.165) is 0 Å². The van der Waals surface area contributed by atoms with Gasteiger partial charge in [-0.05, 0) is 0 Å². The van der Waals surface area contributed by atoms with Gasteiger partial charge < -0.3 is 39.6 Å². The average Bonchev–Trinajstić information content (AvgIpc) is 2.08. The van der Waals surface area contributed by atoms with Gasteiger partial charge in [-0.25, -0.2) is 0 Å². The normalized spacial score (nSPS) is 6.27. The molecule has 76 valence electrons. The van der Waals surface area contributed by atoms with Crippen LogP contribution in [-0.2, 0) is 46.7 Å². The van der Waals surface area contributed by atoms with Crippen molar-refractivity contribution in [3.8, 4) is 0 Å². The molecule has 0 aromatic rings. The Balaban J connectivity index is -0.0000000653. The van der Waals surface area contributed by atoms with Crippen LogP contribution < -0.4 is 20.4 Å². The Hall–Kier alpha value is -0.177. The third-order valence-electron chi connectivity index (χ3n) is 0.333. The molecule has 0 amide bonds. The minimum atomic E-state index is -2.19. The van der Waals surface area contributed by atoms with Gasteiger partial charge in [-0.2, -0.15) is 0 Å². The van der Waals surface area contributed by atoms with Gasteiger partial charge in [0.05, 0.1) is 23.9 Å². The van der Waals surface area contributed by atoms with Gasteiger partial charge in [-0.3, -0.25) is 0 Å². The molecule has 15 heavy (non-hydrogen) atoms. The number of rotatable bonds is 0. The molecular weight excluding hydrogens is 323 g/mol. The Morgan fingerprint density at radius 1 is 0.600 bits per heavy atom. The topological polar surface area (TPSA) is 178 Å². The van der Waals surface area contributed by atoms with Crippen LogP contribution in [0, 0.1) is 0 Å². The third kappa shape index (κ3) is 31.6. The van der Waals surface area contributed by atoms with Crippen molar-refractivity contribution in [3.05, 3.63) is 0 Å². The third-order valence-corrected chi connectivity index (χ3v) is 0.333. The fraction of sp³-hybridized carbons (Fsp3) is 0. The number of hydrogen-bond acceptors (Lipinski definition) is 9. The molecule has 0 aromatic carbocycles. The zero-order chi connectivity index (χ0) is 12.3. The van der Waals surface area contributed by atoms with Gasteiger partial charge in [-0.15, -0.1) is 0 Å². The molecule has 0 aliphatic heterocycles. The summed E-state index contributed by atoms with van der Waals surface area (Å²) in [5.74, 6) is -8.74. The standard InChI is InChI=1S/2C2H2O4.Ca.O.Zr/c2*3-1(4)2(5)6;;;/h2*(H,3,4)(H,5,6);;;/q;;+2;;+2/p-4. The van der Waals surface area contributed by atoms with Crippen molar-refractivity contribution < 1.29 is 67.1 Å². The number of carbonyl (C=O) groups excluding carboxylic acids is 4. The quantitative estimate of drug-likeness (QED) is 0.309. The Bertz CT molecular complexity index is 190. The second-order valence-corrected chi connectivity index (χ2v) is 1.15. The van der Waals surface area contributed by atoms with E-state index in [2.05, 4.69) is 0 Å². The first-order valence-electron chi connectivity index (χ1n) is 2.34. The number of carboxylic acids is 4. The summed E-state index contributed by atoms with van der Waals surface area (Å²) >= 11 is 0.300. The molecule has 0 unspecified atom stereocenters. The molecule has 0 radical (unpaired) electrons. The van der Waals surface area contributed by atoms with Crippen LogP contribution in [0.25, 0.3) is 0 Å². The Kier molecular flexibility index (Phi) is 26.2. The monoisotopic (exact) mass is 322 g/mol. The molecule has 0 aliphatic carbocycles. The maximum absolute atomic E-state index is 8.93. The molecule has 0 bridgehead atoms. The Morgan fingerprint density at radius 3 is 0.667 bits per heavy atom. The molecule has 0 heterocycles. The summed E-state index contributed by atoms with van der Waals surface area (Å²) in [7, 11) is 0. The predicted octanol–water partition coefficient (Wildman–Crippen LogP) is -7.53. The number of aliphatic carboxylic acids is 4. The van der Waals surface area contributed by atoms with Crippen molar-refractivity contribution in [2.75, 3.05) is 0 Å². The first-order valence-corrected chi connectivity index (χ1v) is 3.34. The molecule has 0 aromatic heterocycles. The molecule has 0 saturated heterocycles. The van der Waals surface area contributed by atoms with Gasteiger partial charge in [-0.1, -0.05) is 0 Å². The van der Waals surface area contributed by atoms with Gasteiger partial charge >= 0.3 is 65.3 Å². The van der Waals surface area contributed by atoms with E-state index in [-0.39, 0.29) is 37.7 Å². The van der Waals surface area contributed by atoms with Gasteiger partial charge in [0.1, 0.15) is 0 Å². The molecule has 0 N–H and O–H groups in total. The van der Waals surface area contributed by atoms with Crippen LogP contribution in [0.15, 0.2) is 0 Å². The summed E-state index contributed by atoms with van der Waals surface area (Å²) in [6.07, 6.45) is 0. The number of carbonyl (C=O) groups is 4. The molecular formula is C4CaO9Zr. The molecule has 0 rings (SSSR count). The van der Waals surface area contributed by atoms with Crippen LogP contribution in [0.2, 0.25) is 0 Å².